The Balaban J connectivity index is 2.41. The highest BCUT2D eigenvalue weighted by Gasteiger charge is 2.02. The normalized spacial score (nSPS) is 10.8. The van der Waals surface area contributed by atoms with Gasteiger partial charge in [0.2, 0.25) is 0 Å². The third-order valence-corrected chi connectivity index (χ3v) is 3.10. The van der Waals surface area contributed by atoms with E-state index in [2.05, 4.69) is 18.0 Å². The van der Waals surface area contributed by atoms with Gasteiger partial charge in [-0.15, -0.1) is 0 Å². The molecule has 0 heterocycles. The van der Waals surface area contributed by atoms with Crippen molar-refractivity contribution in [2.24, 2.45) is 5.73 Å². The molecule has 4 heteroatoms. The fourth-order valence-electron chi connectivity index (χ4n) is 1.88. The Bertz CT molecular complexity index is 382. The fourth-order valence-corrected chi connectivity index (χ4v) is 2.01. The molecule has 0 atom stereocenters. The Morgan fingerprint density at radius 2 is 2.11 bits per heavy atom. The molecule has 0 radical (unpaired) electrons. The van der Waals surface area contributed by atoms with Crippen molar-refractivity contribution in [3.8, 4) is 0 Å². The number of hydrogen-bond donors (Lipinski definition) is 2. The molecule has 0 saturated carbocycles. The van der Waals surface area contributed by atoms with E-state index in [1.165, 1.54) is 5.56 Å². The van der Waals surface area contributed by atoms with Gasteiger partial charge in [-0.3, -0.25) is 0 Å². The van der Waals surface area contributed by atoms with Crippen LogP contribution in [-0.2, 0) is 6.54 Å². The second-order valence-corrected chi connectivity index (χ2v) is 5.03. The predicted octanol–water partition coefficient (Wildman–Crippen LogP) is 1.92. The zero-order valence-corrected chi connectivity index (χ0v) is 11.7. The van der Waals surface area contributed by atoms with Crippen LogP contribution in [0.5, 0.6) is 0 Å². The zero-order valence-electron chi connectivity index (χ0n) is 10.9. The van der Waals surface area contributed by atoms with Crippen molar-refractivity contribution in [2.45, 2.75) is 25.8 Å². The van der Waals surface area contributed by atoms with Crippen molar-refractivity contribution < 1.29 is 5.11 Å². The van der Waals surface area contributed by atoms with Crippen LogP contribution in [0.15, 0.2) is 24.3 Å². The van der Waals surface area contributed by atoms with Crippen molar-refractivity contribution >= 4 is 17.2 Å². The summed E-state index contributed by atoms with van der Waals surface area (Å²) in [5, 5.41) is 8.71. The highest BCUT2D eigenvalue weighted by molar-refractivity contribution is 7.80. The topological polar surface area (TPSA) is 49.5 Å². The Kier molecular flexibility index (Phi) is 6.86. The summed E-state index contributed by atoms with van der Waals surface area (Å²) < 4.78 is 0. The van der Waals surface area contributed by atoms with Crippen LogP contribution in [0.1, 0.15) is 30.4 Å². The minimum absolute atomic E-state index is 0.291. The van der Waals surface area contributed by atoms with Gasteiger partial charge >= 0.3 is 0 Å². The van der Waals surface area contributed by atoms with Crippen LogP contribution in [0, 0.1) is 0 Å². The molecule has 0 unspecified atom stereocenters. The summed E-state index contributed by atoms with van der Waals surface area (Å²) in [5.74, 6) is 0. The van der Waals surface area contributed by atoms with Crippen molar-refractivity contribution in [1.29, 1.82) is 0 Å². The van der Waals surface area contributed by atoms with Gasteiger partial charge in [0, 0.05) is 18.7 Å². The maximum atomic E-state index is 8.71. The predicted molar refractivity (Wildman–Crippen MR) is 79.6 cm³/mol. The first-order valence-corrected chi connectivity index (χ1v) is 6.72. The molecule has 3 nitrogen and oxygen atoms in total. The van der Waals surface area contributed by atoms with Gasteiger partial charge in [-0.2, -0.15) is 0 Å². The van der Waals surface area contributed by atoms with E-state index in [0.717, 1.165) is 37.9 Å². The smallest absolute Gasteiger partial charge is 0.103 e. The number of benzene rings is 1. The number of aliphatic hydroxyl groups excluding tert-OH is 1. The van der Waals surface area contributed by atoms with Gasteiger partial charge in [-0.05, 0) is 44.5 Å². The summed E-state index contributed by atoms with van der Waals surface area (Å²) in [6.45, 7) is 2.23. The summed E-state index contributed by atoms with van der Waals surface area (Å²) in [5.41, 5.74) is 7.77. The second-order valence-electron chi connectivity index (χ2n) is 4.59. The van der Waals surface area contributed by atoms with Crippen LogP contribution < -0.4 is 5.73 Å². The van der Waals surface area contributed by atoms with Crippen LogP contribution >= 0.6 is 12.2 Å². The number of nitrogens with zero attached hydrogens (tertiary/aromatic N) is 1. The second kappa shape index (κ2) is 8.19. The molecule has 0 aromatic heterocycles. The molecule has 0 aliphatic rings. The number of thiocarbonyl (C=S) groups is 1. The van der Waals surface area contributed by atoms with Gasteiger partial charge in [0.1, 0.15) is 4.99 Å². The molecule has 0 spiro atoms. The molecule has 0 saturated heterocycles. The van der Waals surface area contributed by atoms with Gasteiger partial charge in [-0.25, -0.2) is 0 Å². The first-order chi connectivity index (χ1) is 8.63. The quantitative estimate of drug-likeness (QED) is 0.557. The highest BCUT2D eigenvalue weighted by Crippen LogP contribution is 2.08. The average Bonchev–Trinajstić information content (AvgIpc) is 2.35. The number of unbranched alkanes of at least 4 members (excludes halogenated alkanes) is 2. The molecule has 0 bridgehead atoms. The maximum absolute atomic E-state index is 8.71. The molecule has 0 amide bonds. The molecule has 0 fully saturated rings. The summed E-state index contributed by atoms with van der Waals surface area (Å²) in [4.78, 5) is 2.72. The fraction of sp³-hybridized carbons (Fsp3) is 0.500. The summed E-state index contributed by atoms with van der Waals surface area (Å²) >= 11 is 4.97. The van der Waals surface area contributed by atoms with Crippen LogP contribution in [0.4, 0.5) is 0 Å². The highest BCUT2D eigenvalue weighted by atomic mass is 32.1. The van der Waals surface area contributed by atoms with Gasteiger partial charge in [0.25, 0.3) is 0 Å². The molecule has 1 aromatic rings. The number of rotatable bonds is 8. The molecule has 0 aliphatic carbocycles. The van der Waals surface area contributed by atoms with Crippen LogP contribution in [0.25, 0.3) is 0 Å². The molecular weight excluding hydrogens is 244 g/mol. The van der Waals surface area contributed by atoms with E-state index in [9.17, 15) is 0 Å². The minimum atomic E-state index is 0.291. The third kappa shape index (κ3) is 5.58. The molecule has 1 rings (SSSR count). The number of aliphatic hydroxyl groups is 1. The van der Waals surface area contributed by atoms with E-state index < -0.39 is 0 Å². The van der Waals surface area contributed by atoms with Crippen LogP contribution in [0.2, 0.25) is 0 Å². The van der Waals surface area contributed by atoms with Crippen LogP contribution in [-0.4, -0.2) is 35.2 Å². The van der Waals surface area contributed by atoms with E-state index in [1.807, 2.05) is 18.2 Å². The van der Waals surface area contributed by atoms with E-state index >= 15 is 0 Å². The van der Waals surface area contributed by atoms with E-state index in [-0.39, 0.29) is 0 Å². The summed E-state index contributed by atoms with van der Waals surface area (Å²) in [6, 6.07) is 8.06. The van der Waals surface area contributed by atoms with Crippen LogP contribution in [0.3, 0.4) is 0 Å². The molecular formula is C14H22N2OS. The lowest BCUT2D eigenvalue weighted by Gasteiger charge is -2.16. The van der Waals surface area contributed by atoms with Gasteiger partial charge in [0.05, 0.1) is 0 Å². The first-order valence-electron chi connectivity index (χ1n) is 6.31. The minimum Gasteiger partial charge on any atom is -0.396 e. The van der Waals surface area contributed by atoms with E-state index in [4.69, 9.17) is 23.1 Å². The summed E-state index contributed by atoms with van der Waals surface area (Å²) in [6.07, 6.45) is 3.09. The Hall–Kier alpha value is -0.970. The first kappa shape index (κ1) is 15.1. The molecule has 3 N–H and O–H groups in total. The molecule has 100 valence electrons. The summed E-state index contributed by atoms with van der Waals surface area (Å²) in [7, 11) is 2.10. The van der Waals surface area contributed by atoms with Crippen molar-refractivity contribution in [3.05, 3.63) is 35.4 Å². The largest absolute Gasteiger partial charge is 0.396 e. The SMILES string of the molecule is CN(CCCCCO)Cc1cccc(C(N)=S)c1. The van der Waals surface area contributed by atoms with Gasteiger partial charge < -0.3 is 15.7 Å². The third-order valence-electron chi connectivity index (χ3n) is 2.86. The lowest BCUT2D eigenvalue weighted by atomic mass is 10.1. The lowest BCUT2D eigenvalue weighted by Crippen LogP contribution is -2.19. The Labute approximate surface area is 115 Å². The molecule has 0 aliphatic heterocycles. The standard InChI is InChI=1S/C14H22N2OS/c1-16(8-3-2-4-9-17)11-12-6-5-7-13(10-12)14(15)18/h5-7,10,17H,2-4,8-9,11H2,1H3,(H2,15,18). The monoisotopic (exact) mass is 266 g/mol. The Morgan fingerprint density at radius 3 is 2.78 bits per heavy atom. The number of nitrogens with two attached hydrogens (primary N) is 1. The van der Waals surface area contributed by atoms with Gasteiger partial charge in [0.15, 0.2) is 0 Å². The number of hydrogen-bond acceptors (Lipinski definition) is 3. The Morgan fingerprint density at radius 1 is 1.33 bits per heavy atom. The average molecular weight is 266 g/mol. The van der Waals surface area contributed by atoms with Gasteiger partial charge in [-0.1, -0.05) is 30.4 Å². The molecule has 18 heavy (non-hydrogen) atoms. The van der Waals surface area contributed by atoms with E-state index in [0.29, 0.717) is 11.6 Å². The van der Waals surface area contributed by atoms with E-state index in [1.54, 1.807) is 0 Å². The van der Waals surface area contributed by atoms with Crippen molar-refractivity contribution in [1.82, 2.24) is 4.90 Å². The zero-order chi connectivity index (χ0) is 13.4. The maximum Gasteiger partial charge on any atom is 0.103 e. The van der Waals surface area contributed by atoms with Crippen molar-refractivity contribution in [2.75, 3.05) is 20.2 Å². The molecule has 1 aromatic carbocycles. The van der Waals surface area contributed by atoms with Crippen molar-refractivity contribution in [3.63, 3.8) is 0 Å². The lowest BCUT2D eigenvalue weighted by molar-refractivity contribution is 0.271.